The van der Waals surface area contributed by atoms with Gasteiger partial charge in [0.25, 0.3) is 0 Å². The van der Waals surface area contributed by atoms with E-state index in [1.165, 1.54) is 5.56 Å². The molecule has 0 heterocycles. The first-order chi connectivity index (χ1) is 7.08. The van der Waals surface area contributed by atoms with Gasteiger partial charge < -0.3 is 9.84 Å². The molecule has 2 nitrogen and oxygen atoms in total. The molecule has 2 unspecified atom stereocenters. The molecule has 0 saturated heterocycles. The van der Waals surface area contributed by atoms with Gasteiger partial charge in [0.1, 0.15) is 5.75 Å². The molecule has 2 atom stereocenters. The summed E-state index contributed by atoms with van der Waals surface area (Å²) in [5, 5.41) is 9.85. The summed E-state index contributed by atoms with van der Waals surface area (Å²) in [6.45, 7) is 6.16. The van der Waals surface area contributed by atoms with Crippen molar-refractivity contribution in [3.63, 3.8) is 0 Å². The lowest BCUT2D eigenvalue weighted by Crippen LogP contribution is -2.06. The third-order valence-electron chi connectivity index (χ3n) is 2.90. The standard InChI is InChI=1S/C13H18O2/c1-8(2)15-10-4-5-11-9(3)6-13(14)12(11)7-10/h4-5,7-9,13-14H,6H2,1-3H3. The molecule has 1 aliphatic carbocycles. The molecule has 1 N–H and O–H groups in total. The molecule has 1 aliphatic rings. The molecule has 0 aliphatic heterocycles. The van der Waals surface area contributed by atoms with Crippen molar-refractivity contribution in [2.45, 2.75) is 45.3 Å². The molecular weight excluding hydrogens is 188 g/mol. The van der Waals surface area contributed by atoms with Crippen molar-refractivity contribution in [3.05, 3.63) is 29.3 Å². The van der Waals surface area contributed by atoms with Crippen LogP contribution in [-0.2, 0) is 0 Å². The zero-order valence-electron chi connectivity index (χ0n) is 9.53. The summed E-state index contributed by atoms with van der Waals surface area (Å²) in [5.41, 5.74) is 2.30. The van der Waals surface area contributed by atoms with Crippen molar-refractivity contribution in [3.8, 4) is 5.75 Å². The normalized spacial score (nSPS) is 24.3. The van der Waals surface area contributed by atoms with Crippen LogP contribution in [0.1, 0.15) is 50.3 Å². The van der Waals surface area contributed by atoms with Crippen molar-refractivity contribution in [2.24, 2.45) is 0 Å². The van der Waals surface area contributed by atoms with E-state index in [1.807, 2.05) is 26.0 Å². The smallest absolute Gasteiger partial charge is 0.120 e. The second-order valence-corrected chi connectivity index (χ2v) is 4.61. The first-order valence-corrected chi connectivity index (χ1v) is 5.56. The van der Waals surface area contributed by atoms with E-state index in [0.717, 1.165) is 17.7 Å². The monoisotopic (exact) mass is 206 g/mol. The average molecular weight is 206 g/mol. The fraction of sp³-hybridized carbons (Fsp3) is 0.538. The minimum atomic E-state index is -0.314. The molecule has 0 spiro atoms. The number of aliphatic hydroxyl groups excluding tert-OH is 1. The lowest BCUT2D eigenvalue weighted by Gasteiger charge is -2.12. The predicted octanol–water partition coefficient (Wildman–Crippen LogP) is 3.01. The van der Waals surface area contributed by atoms with E-state index in [-0.39, 0.29) is 12.2 Å². The number of benzene rings is 1. The van der Waals surface area contributed by atoms with E-state index in [0.29, 0.717) is 5.92 Å². The van der Waals surface area contributed by atoms with Crippen molar-refractivity contribution in [2.75, 3.05) is 0 Å². The van der Waals surface area contributed by atoms with Crippen molar-refractivity contribution in [1.82, 2.24) is 0 Å². The Morgan fingerprint density at radius 3 is 2.73 bits per heavy atom. The summed E-state index contributed by atoms with van der Waals surface area (Å²) >= 11 is 0. The quantitative estimate of drug-likeness (QED) is 0.806. The van der Waals surface area contributed by atoms with Crippen LogP contribution in [0.3, 0.4) is 0 Å². The van der Waals surface area contributed by atoms with Gasteiger partial charge in [0.2, 0.25) is 0 Å². The molecule has 2 heteroatoms. The Morgan fingerprint density at radius 1 is 1.33 bits per heavy atom. The van der Waals surface area contributed by atoms with Crippen LogP contribution in [-0.4, -0.2) is 11.2 Å². The van der Waals surface area contributed by atoms with Crippen LogP contribution in [0, 0.1) is 0 Å². The first-order valence-electron chi connectivity index (χ1n) is 5.56. The van der Waals surface area contributed by atoms with Gasteiger partial charge in [0.05, 0.1) is 12.2 Å². The van der Waals surface area contributed by atoms with Crippen LogP contribution in [0.5, 0.6) is 5.75 Å². The molecule has 1 aromatic carbocycles. The van der Waals surface area contributed by atoms with E-state index < -0.39 is 0 Å². The zero-order valence-corrected chi connectivity index (χ0v) is 9.53. The Bertz CT molecular complexity index is 358. The molecule has 2 rings (SSSR count). The van der Waals surface area contributed by atoms with Gasteiger partial charge in [-0.2, -0.15) is 0 Å². The van der Waals surface area contributed by atoms with E-state index in [9.17, 15) is 5.11 Å². The molecule has 0 amide bonds. The van der Waals surface area contributed by atoms with E-state index in [1.54, 1.807) is 0 Å². The van der Waals surface area contributed by atoms with Crippen LogP contribution in [0.4, 0.5) is 0 Å². The second kappa shape index (κ2) is 3.86. The van der Waals surface area contributed by atoms with Crippen LogP contribution in [0.15, 0.2) is 18.2 Å². The molecule has 15 heavy (non-hydrogen) atoms. The Kier molecular flexibility index (Phi) is 2.70. The molecule has 0 bridgehead atoms. The highest BCUT2D eigenvalue weighted by atomic mass is 16.5. The van der Waals surface area contributed by atoms with Gasteiger partial charge >= 0.3 is 0 Å². The lowest BCUT2D eigenvalue weighted by atomic mass is 10.0. The summed E-state index contributed by atoms with van der Waals surface area (Å²) in [4.78, 5) is 0. The largest absolute Gasteiger partial charge is 0.491 e. The maximum Gasteiger partial charge on any atom is 0.120 e. The topological polar surface area (TPSA) is 29.5 Å². The summed E-state index contributed by atoms with van der Waals surface area (Å²) < 4.78 is 5.61. The SMILES string of the molecule is CC(C)Oc1ccc2c(c1)C(O)CC2C. The van der Waals surface area contributed by atoms with Gasteiger partial charge in [-0.05, 0) is 49.4 Å². The molecular formula is C13H18O2. The van der Waals surface area contributed by atoms with E-state index >= 15 is 0 Å². The summed E-state index contributed by atoms with van der Waals surface area (Å²) in [5.74, 6) is 1.32. The third kappa shape index (κ3) is 2.00. The second-order valence-electron chi connectivity index (χ2n) is 4.61. The molecule has 82 valence electrons. The lowest BCUT2D eigenvalue weighted by molar-refractivity contribution is 0.173. The van der Waals surface area contributed by atoms with Crippen LogP contribution < -0.4 is 4.74 Å². The van der Waals surface area contributed by atoms with Gasteiger partial charge in [-0.25, -0.2) is 0 Å². The maximum absolute atomic E-state index is 9.85. The minimum Gasteiger partial charge on any atom is -0.491 e. The Labute approximate surface area is 90.9 Å². The van der Waals surface area contributed by atoms with Crippen LogP contribution >= 0.6 is 0 Å². The highest BCUT2D eigenvalue weighted by Crippen LogP contribution is 2.41. The van der Waals surface area contributed by atoms with Gasteiger partial charge in [-0.3, -0.25) is 0 Å². The number of fused-ring (bicyclic) bond motifs is 1. The predicted molar refractivity (Wildman–Crippen MR) is 60.2 cm³/mol. The number of hydrogen-bond donors (Lipinski definition) is 1. The van der Waals surface area contributed by atoms with Gasteiger partial charge in [-0.15, -0.1) is 0 Å². The van der Waals surface area contributed by atoms with E-state index in [2.05, 4.69) is 13.0 Å². The Morgan fingerprint density at radius 2 is 2.07 bits per heavy atom. The van der Waals surface area contributed by atoms with E-state index in [4.69, 9.17) is 4.74 Å². The molecule has 0 aromatic heterocycles. The zero-order chi connectivity index (χ0) is 11.0. The summed E-state index contributed by atoms with van der Waals surface area (Å²) in [7, 11) is 0. The Balaban J connectivity index is 2.30. The van der Waals surface area contributed by atoms with Gasteiger partial charge in [-0.1, -0.05) is 13.0 Å². The Hall–Kier alpha value is -1.02. The summed E-state index contributed by atoms with van der Waals surface area (Å²) in [6.07, 6.45) is 0.699. The van der Waals surface area contributed by atoms with Crippen molar-refractivity contribution >= 4 is 0 Å². The number of ether oxygens (including phenoxy) is 1. The van der Waals surface area contributed by atoms with Crippen LogP contribution in [0.2, 0.25) is 0 Å². The molecule has 1 aromatic rings. The van der Waals surface area contributed by atoms with Gasteiger partial charge in [0.15, 0.2) is 0 Å². The molecule has 0 fully saturated rings. The number of aliphatic hydroxyl groups is 1. The first kappa shape index (κ1) is 10.5. The molecule has 0 radical (unpaired) electrons. The molecule has 0 saturated carbocycles. The third-order valence-corrected chi connectivity index (χ3v) is 2.90. The van der Waals surface area contributed by atoms with Crippen molar-refractivity contribution < 1.29 is 9.84 Å². The van der Waals surface area contributed by atoms with Gasteiger partial charge in [0, 0.05) is 0 Å². The number of hydrogen-bond acceptors (Lipinski definition) is 2. The minimum absolute atomic E-state index is 0.180. The fourth-order valence-corrected chi connectivity index (χ4v) is 2.22. The van der Waals surface area contributed by atoms with Crippen molar-refractivity contribution in [1.29, 1.82) is 0 Å². The highest BCUT2D eigenvalue weighted by Gasteiger charge is 2.26. The fourth-order valence-electron chi connectivity index (χ4n) is 2.22. The number of rotatable bonds is 2. The van der Waals surface area contributed by atoms with Crippen LogP contribution in [0.25, 0.3) is 0 Å². The summed E-state index contributed by atoms with van der Waals surface area (Å²) in [6, 6.07) is 6.05. The maximum atomic E-state index is 9.85. The average Bonchev–Trinajstić information content (AvgIpc) is 2.41. The highest BCUT2D eigenvalue weighted by molar-refractivity contribution is 5.42.